The third-order valence-electron chi connectivity index (χ3n) is 6.15. The van der Waals surface area contributed by atoms with Gasteiger partial charge in [-0.05, 0) is 43.7 Å². The average molecular weight is 487 g/mol. The van der Waals surface area contributed by atoms with E-state index in [1.807, 2.05) is 79.8 Å². The zero-order chi connectivity index (χ0) is 24.7. The number of aromatic nitrogens is 2. The Labute approximate surface area is 206 Å². The highest BCUT2D eigenvalue weighted by molar-refractivity contribution is 7.07. The van der Waals surface area contributed by atoms with Crippen LogP contribution in [0.2, 0.25) is 0 Å². The molecule has 2 aromatic carbocycles. The van der Waals surface area contributed by atoms with E-state index in [0.29, 0.717) is 20.6 Å². The molecule has 0 saturated heterocycles. The van der Waals surface area contributed by atoms with Gasteiger partial charge in [0.05, 0.1) is 28.5 Å². The quantitative estimate of drug-likeness (QED) is 0.439. The minimum absolute atomic E-state index is 0.185. The molecule has 0 radical (unpaired) electrons. The van der Waals surface area contributed by atoms with E-state index in [1.54, 1.807) is 18.4 Å². The Morgan fingerprint density at radius 1 is 1.20 bits per heavy atom. The van der Waals surface area contributed by atoms with Crippen LogP contribution in [-0.2, 0) is 9.53 Å². The second-order valence-corrected chi connectivity index (χ2v) is 9.59. The summed E-state index contributed by atoms with van der Waals surface area (Å²) in [7, 11) is 3.94. The molecule has 0 bridgehead atoms. The van der Waals surface area contributed by atoms with Crippen LogP contribution in [0.1, 0.15) is 31.0 Å². The van der Waals surface area contributed by atoms with E-state index in [-0.39, 0.29) is 12.2 Å². The first kappa shape index (κ1) is 22.9. The lowest BCUT2D eigenvalue weighted by Gasteiger charge is -2.25. The molecule has 4 aromatic rings. The molecule has 8 heteroatoms. The van der Waals surface area contributed by atoms with Gasteiger partial charge in [-0.1, -0.05) is 41.7 Å². The molecule has 0 spiro atoms. The highest BCUT2D eigenvalue weighted by atomic mass is 32.1. The van der Waals surface area contributed by atoms with Gasteiger partial charge >= 0.3 is 5.97 Å². The van der Waals surface area contributed by atoms with Crippen molar-refractivity contribution in [3.63, 3.8) is 0 Å². The van der Waals surface area contributed by atoms with Crippen molar-refractivity contribution in [3.05, 3.63) is 96.8 Å². The number of para-hydroxylation sites is 1. The predicted molar refractivity (Wildman–Crippen MR) is 139 cm³/mol. The van der Waals surface area contributed by atoms with Crippen molar-refractivity contribution in [2.45, 2.75) is 19.9 Å². The van der Waals surface area contributed by atoms with Gasteiger partial charge in [0, 0.05) is 42.4 Å². The lowest BCUT2D eigenvalue weighted by atomic mass is 9.95. The van der Waals surface area contributed by atoms with Gasteiger partial charge in [0.15, 0.2) is 4.80 Å². The van der Waals surface area contributed by atoms with Gasteiger partial charge in [-0.3, -0.25) is 9.36 Å². The number of H-pyrrole nitrogens is 1. The number of allylic oxidation sites excluding steroid dienone is 1. The van der Waals surface area contributed by atoms with Crippen molar-refractivity contribution in [1.82, 2.24) is 9.55 Å². The van der Waals surface area contributed by atoms with Crippen LogP contribution in [0.5, 0.6) is 0 Å². The molecule has 1 N–H and O–H groups in total. The van der Waals surface area contributed by atoms with E-state index in [1.165, 1.54) is 11.3 Å². The number of ether oxygens (including phenoxy) is 1. The lowest BCUT2D eigenvalue weighted by Crippen LogP contribution is -2.39. The Morgan fingerprint density at radius 2 is 1.94 bits per heavy atom. The number of nitrogens with zero attached hydrogens (tertiary/aromatic N) is 3. The number of hydrogen-bond acceptors (Lipinski definition) is 6. The molecular formula is C27H26N4O3S. The second kappa shape index (κ2) is 9.03. The molecule has 0 saturated carbocycles. The standard InChI is InChI=1S/C27H26N4O3S/c1-5-34-26(33)23-16(2)29-27-31(24(23)17-10-12-19(13-11-17)30(3)4)25(32)22(35-27)14-18-15-28-21-9-7-6-8-20(18)21/h6-15,24,28H,5H2,1-4H3/t24-/m0/s1. The van der Waals surface area contributed by atoms with Gasteiger partial charge in [0.1, 0.15) is 0 Å². The van der Waals surface area contributed by atoms with E-state index in [4.69, 9.17) is 4.74 Å². The maximum absolute atomic E-state index is 13.8. The molecule has 1 atom stereocenters. The molecule has 7 nitrogen and oxygen atoms in total. The normalized spacial score (nSPS) is 15.8. The van der Waals surface area contributed by atoms with Crippen molar-refractivity contribution in [3.8, 4) is 0 Å². The summed E-state index contributed by atoms with van der Waals surface area (Å²) in [5.74, 6) is -0.457. The Balaban J connectivity index is 1.72. The van der Waals surface area contributed by atoms with Gasteiger partial charge in [-0.2, -0.15) is 0 Å². The fourth-order valence-electron chi connectivity index (χ4n) is 4.42. The average Bonchev–Trinajstić information content (AvgIpc) is 3.39. The molecule has 0 unspecified atom stereocenters. The molecule has 1 aliphatic heterocycles. The molecule has 5 rings (SSSR count). The van der Waals surface area contributed by atoms with E-state index in [0.717, 1.165) is 27.7 Å². The van der Waals surface area contributed by atoms with Crippen LogP contribution >= 0.6 is 11.3 Å². The molecule has 3 heterocycles. The Bertz CT molecular complexity index is 1640. The largest absolute Gasteiger partial charge is 0.463 e. The zero-order valence-electron chi connectivity index (χ0n) is 20.0. The molecule has 1 aliphatic rings. The van der Waals surface area contributed by atoms with E-state index in [9.17, 15) is 9.59 Å². The smallest absolute Gasteiger partial charge is 0.338 e. The lowest BCUT2D eigenvalue weighted by molar-refractivity contribution is -0.139. The van der Waals surface area contributed by atoms with Crippen LogP contribution in [0.15, 0.2) is 75.8 Å². The molecule has 178 valence electrons. The number of anilines is 1. The first-order chi connectivity index (χ1) is 16.9. The van der Waals surface area contributed by atoms with Crippen molar-refractivity contribution >= 4 is 40.0 Å². The number of benzene rings is 2. The number of aromatic amines is 1. The SMILES string of the molecule is CCOC(=O)C1=C(C)N=c2sc(=Cc3c[nH]c4ccccc34)c(=O)n2[C@H]1c1ccc(N(C)C)cc1. The highest BCUT2D eigenvalue weighted by Crippen LogP contribution is 2.31. The minimum Gasteiger partial charge on any atom is -0.463 e. The van der Waals surface area contributed by atoms with E-state index >= 15 is 0 Å². The summed E-state index contributed by atoms with van der Waals surface area (Å²) in [6, 6.07) is 15.2. The monoisotopic (exact) mass is 486 g/mol. The summed E-state index contributed by atoms with van der Waals surface area (Å²) in [4.78, 5) is 37.2. The minimum atomic E-state index is -0.619. The van der Waals surface area contributed by atoms with Crippen LogP contribution in [0.4, 0.5) is 5.69 Å². The Kier molecular flexibility index (Phi) is 5.90. The number of carbonyl (C=O) groups excluding carboxylic acids is 1. The fourth-order valence-corrected chi connectivity index (χ4v) is 5.45. The maximum atomic E-state index is 13.8. The van der Waals surface area contributed by atoms with Crippen LogP contribution < -0.4 is 19.8 Å². The van der Waals surface area contributed by atoms with Gasteiger partial charge in [-0.25, -0.2) is 9.79 Å². The van der Waals surface area contributed by atoms with Crippen LogP contribution in [-0.4, -0.2) is 36.2 Å². The molecule has 35 heavy (non-hydrogen) atoms. The number of rotatable bonds is 5. The van der Waals surface area contributed by atoms with Gasteiger partial charge < -0.3 is 14.6 Å². The van der Waals surface area contributed by atoms with Crippen LogP contribution in [0.25, 0.3) is 17.0 Å². The Hall–Kier alpha value is -3.91. The number of carbonyl (C=O) groups is 1. The number of thiazole rings is 1. The van der Waals surface area contributed by atoms with Gasteiger partial charge in [0.25, 0.3) is 5.56 Å². The fraction of sp³-hybridized carbons (Fsp3) is 0.222. The van der Waals surface area contributed by atoms with Crippen molar-refractivity contribution in [1.29, 1.82) is 0 Å². The summed E-state index contributed by atoms with van der Waals surface area (Å²) in [6.45, 7) is 3.81. The molecule has 0 fully saturated rings. The third-order valence-corrected chi connectivity index (χ3v) is 7.13. The number of fused-ring (bicyclic) bond motifs is 2. The second-order valence-electron chi connectivity index (χ2n) is 8.58. The first-order valence-corrected chi connectivity index (χ1v) is 12.2. The van der Waals surface area contributed by atoms with Gasteiger partial charge in [-0.15, -0.1) is 0 Å². The van der Waals surface area contributed by atoms with Crippen molar-refractivity contribution < 1.29 is 9.53 Å². The van der Waals surface area contributed by atoms with Crippen molar-refractivity contribution in [2.75, 3.05) is 25.6 Å². The molecular weight excluding hydrogens is 460 g/mol. The third kappa shape index (κ3) is 4.00. The number of nitrogens with one attached hydrogen (secondary N) is 1. The summed E-state index contributed by atoms with van der Waals surface area (Å²) < 4.78 is 7.55. The topological polar surface area (TPSA) is 79.7 Å². The van der Waals surface area contributed by atoms with E-state index < -0.39 is 12.0 Å². The number of esters is 1. The maximum Gasteiger partial charge on any atom is 0.338 e. The predicted octanol–water partition coefficient (Wildman–Crippen LogP) is 3.35. The van der Waals surface area contributed by atoms with Crippen LogP contribution in [0, 0.1) is 0 Å². The van der Waals surface area contributed by atoms with E-state index in [2.05, 4.69) is 9.98 Å². The zero-order valence-corrected chi connectivity index (χ0v) is 20.8. The van der Waals surface area contributed by atoms with Crippen LogP contribution in [0.3, 0.4) is 0 Å². The molecule has 0 aliphatic carbocycles. The highest BCUT2D eigenvalue weighted by Gasteiger charge is 2.33. The summed E-state index contributed by atoms with van der Waals surface area (Å²) in [5.41, 5.74) is 4.55. The number of hydrogen-bond donors (Lipinski definition) is 1. The molecule has 2 aromatic heterocycles. The van der Waals surface area contributed by atoms with Crippen molar-refractivity contribution in [2.24, 2.45) is 4.99 Å². The first-order valence-electron chi connectivity index (χ1n) is 11.4. The molecule has 0 amide bonds. The summed E-state index contributed by atoms with van der Waals surface area (Å²) >= 11 is 1.33. The summed E-state index contributed by atoms with van der Waals surface area (Å²) in [6.07, 6.45) is 3.79. The van der Waals surface area contributed by atoms with Gasteiger partial charge in [0.2, 0.25) is 0 Å². The Morgan fingerprint density at radius 3 is 2.66 bits per heavy atom. The summed E-state index contributed by atoms with van der Waals surface area (Å²) in [5, 5.41) is 1.04.